The average Bonchev–Trinajstić information content (AvgIpc) is 2.67. The molecule has 0 radical (unpaired) electrons. The number of carbonyl (C=O) groups is 1. The van der Waals surface area contributed by atoms with E-state index in [-0.39, 0.29) is 28.2 Å². The second-order valence-corrected chi connectivity index (χ2v) is 11.9. The largest absolute Gasteiger partial charge is 0.748 e. The number of nitrogens with zero attached hydrogens (tertiary/aromatic N) is 2. The second-order valence-electron chi connectivity index (χ2n) is 7.39. The number of likely N-dealkylation sites (tertiary alicyclic amines) is 1. The average molecular weight is 498 g/mol. The maximum absolute atomic E-state index is 13.3. The van der Waals surface area contributed by atoms with Crippen molar-refractivity contribution >= 4 is 38.7 Å². The maximum Gasteiger partial charge on any atom is 0.345 e. The first-order valence-electron chi connectivity index (χ1n) is 9.15. The number of thiol groups is 1. The summed E-state index contributed by atoms with van der Waals surface area (Å²) in [6.07, 6.45) is 0.600. The highest BCUT2D eigenvalue weighted by atomic mass is 32.2. The van der Waals surface area contributed by atoms with Crippen molar-refractivity contribution in [3.8, 4) is 0 Å². The van der Waals surface area contributed by atoms with E-state index >= 15 is 0 Å². The van der Waals surface area contributed by atoms with Crippen LogP contribution < -0.4 is 5.73 Å². The highest BCUT2D eigenvalue weighted by Crippen LogP contribution is 2.43. The van der Waals surface area contributed by atoms with Gasteiger partial charge in [0.1, 0.15) is 0 Å². The van der Waals surface area contributed by atoms with Gasteiger partial charge in [-0.15, -0.1) is 0 Å². The molecule has 1 fully saturated rings. The van der Waals surface area contributed by atoms with Crippen LogP contribution >= 0.6 is 12.8 Å². The first kappa shape index (κ1) is 27.5. The number of piperidine rings is 1. The van der Waals surface area contributed by atoms with Crippen LogP contribution in [-0.2, 0) is 29.5 Å². The lowest BCUT2D eigenvalue weighted by molar-refractivity contribution is -0.778. The van der Waals surface area contributed by atoms with Gasteiger partial charge < -0.3 is 15.0 Å². The Morgan fingerprint density at radius 3 is 2.10 bits per heavy atom. The van der Waals surface area contributed by atoms with Gasteiger partial charge in [-0.3, -0.25) is 3.89 Å². The Bertz CT molecular complexity index is 979. The molecule has 1 unspecified atom stereocenters. The van der Waals surface area contributed by atoms with Crippen molar-refractivity contribution in [2.45, 2.75) is 35.1 Å². The van der Waals surface area contributed by atoms with E-state index in [9.17, 15) is 18.1 Å². The fourth-order valence-electron chi connectivity index (χ4n) is 3.19. The predicted molar refractivity (Wildman–Crippen MR) is 115 cm³/mol. The topological polar surface area (TPSA) is 173 Å². The van der Waals surface area contributed by atoms with Gasteiger partial charge in [-0.25, -0.2) is 21.6 Å². The molecular formula is C17H27N3O8S3. The monoisotopic (exact) mass is 497 g/mol. The molecule has 1 aromatic carbocycles. The number of hydrogen-bond donors (Lipinski definition) is 2. The molecule has 0 amide bonds. The van der Waals surface area contributed by atoms with E-state index in [4.69, 9.17) is 23.4 Å². The van der Waals surface area contributed by atoms with Gasteiger partial charge >= 0.3 is 5.97 Å². The molecule has 1 saturated heterocycles. The zero-order chi connectivity index (χ0) is 24.1. The summed E-state index contributed by atoms with van der Waals surface area (Å²) in [5.41, 5.74) is 4.42. The molecule has 14 heteroatoms. The van der Waals surface area contributed by atoms with Gasteiger partial charge in [-0.1, -0.05) is 23.4 Å². The summed E-state index contributed by atoms with van der Waals surface area (Å²) < 4.78 is 59.2. The molecule has 0 bridgehead atoms. The molecule has 1 aliphatic heterocycles. The molecule has 1 aliphatic rings. The lowest BCUT2D eigenvalue weighted by Gasteiger charge is -2.45. The van der Waals surface area contributed by atoms with E-state index < -0.39 is 36.3 Å². The minimum absolute atomic E-state index is 0.00211. The zero-order valence-corrected chi connectivity index (χ0v) is 20.0. The Balaban J connectivity index is 0.000000861. The van der Waals surface area contributed by atoms with Crippen molar-refractivity contribution in [1.82, 2.24) is 0 Å². The van der Waals surface area contributed by atoms with Crippen molar-refractivity contribution in [3.05, 3.63) is 35.2 Å². The van der Waals surface area contributed by atoms with E-state index in [2.05, 4.69) is 18.0 Å². The first-order chi connectivity index (χ1) is 14.1. The molecular weight excluding hydrogens is 470 g/mol. The van der Waals surface area contributed by atoms with Crippen molar-refractivity contribution in [2.24, 2.45) is 10.9 Å². The molecule has 1 aromatic rings. The molecule has 0 aromatic heterocycles. The lowest BCUT2D eigenvalue weighted by Crippen LogP contribution is -2.72. The van der Waals surface area contributed by atoms with Crippen LogP contribution in [0.25, 0.3) is 0 Å². The standard InChI is InChI=1S/C16H24N3O5S2.CH4O3S/c1-3-24-14(20)16(17,26(22,23)13-7-5-4-6-8-13)15(18-21)9-11-19(2,25)12-10-15;1-5(2,3)4/h4-8,25H,3,9-12,17H2,1-2H3;1H3,(H,2,3,4)/q+1;/p-1. The van der Waals surface area contributed by atoms with Crippen LogP contribution in [0.3, 0.4) is 0 Å². The van der Waals surface area contributed by atoms with Crippen LogP contribution in [0.1, 0.15) is 19.8 Å². The summed E-state index contributed by atoms with van der Waals surface area (Å²) in [7, 11) is -6.54. The molecule has 0 spiro atoms. The van der Waals surface area contributed by atoms with Gasteiger partial charge in [0.25, 0.3) is 4.87 Å². The van der Waals surface area contributed by atoms with Gasteiger partial charge in [0.05, 0.1) is 54.6 Å². The Morgan fingerprint density at radius 1 is 1.26 bits per heavy atom. The van der Waals surface area contributed by atoms with E-state index in [1.807, 2.05) is 7.05 Å². The van der Waals surface area contributed by atoms with E-state index in [1.54, 1.807) is 6.07 Å². The highest BCUT2D eigenvalue weighted by Gasteiger charge is 2.67. The molecule has 1 heterocycles. The third kappa shape index (κ3) is 6.23. The second kappa shape index (κ2) is 9.92. The van der Waals surface area contributed by atoms with Crippen LogP contribution in [0, 0.1) is 4.91 Å². The molecule has 2 N–H and O–H groups in total. The van der Waals surface area contributed by atoms with Crippen molar-refractivity contribution in [3.63, 3.8) is 0 Å². The Kier molecular flexibility index (Phi) is 8.78. The Morgan fingerprint density at radius 2 is 1.71 bits per heavy atom. The molecule has 31 heavy (non-hydrogen) atoms. The normalized spacial score (nSPS) is 26.0. The summed E-state index contributed by atoms with van der Waals surface area (Å²) in [6.45, 7) is 2.13. The molecule has 0 aliphatic carbocycles. The van der Waals surface area contributed by atoms with Crippen molar-refractivity contribution in [2.75, 3.05) is 33.0 Å². The summed E-state index contributed by atoms with van der Waals surface area (Å²) in [6, 6.07) is 7.33. The van der Waals surface area contributed by atoms with Crippen LogP contribution in [0.15, 0.2) is 40.4 Å². The highest BCUT2D eigenvalue weighted by molar-refractivity contribution is 7.93. The number of quaternary nitrogens is 1. The number of rotatable bonds is 6. The number of benzene rings is 1. The zero-order valence-electron chi connectivity index (χ0n) is 17.4. The van der Waals surface area contributed by atoms with Crippen LogP contribution in [0.2, 0.25) is 0 Å². The first-order valence-corrected chi connectivity index (χ1v) is 12.8. The molecule has 11 nitrogen and oxygen atoms in total. The molecule has 176 valence electrons. The van der Waals surface area contributed by atoms with Gasteiger partial charge in [-0.2, -0.15) is 4.91 Å². The van der Waals surface area contributed by atoms with Crippen LogP contribution in [-0.4, -0.2) is 74.7 Å². The molecule has 2 rings (SSSR count). The summed E-state index contributed by atoms with van der Waals surface area (Å²) in [5.74, 6) is -1.17. The minimum atomic E-state index is -4.45. The van der Waals surface area contributed by atoms with Crippen LogP contribution in [0.5, 0.6) is 0 Å². The number of esters is 1. The lowest BCUT2D eigenvalue weighted by atomic mass is 9.81. The quantitative estimate of drug-likeness (QED) is 0.186. The minimum Gasteiger partial charge on any atom is -0.748 e. The number of carbonyl (C=O) groups excluding carboxylic acids is 1. The predicted octanol–water partition coefficient (Wildman–Crippen LogP) is 0.430. The summed E-state index contributed by atoms with van der Waals surface area (Å²) >= 11 is 4.45. The summed E-state index contributed by atoms with van der Waals surface area (Å²) in [5, 5.41) is 3.11. The van der Waals surface area contributed by atoms with E-state index in [0.717, 1.165) is 0 Å². The van der Waals surface area contributed by atoms with Crippen molar-refractivity contribution < 1.29 is 34.8 Å². The smallest absolute Gasteiger partial charge is 0.345 e. The van der Waals surface area contributed by atoms with Gasteiger partial charge in [0.2, 0.25) is 9.84 Å². The number of nitrogens with two attached hydrogens (primary N) is 1. The fourth-order valence-corrected chi connectivity index (χ4v) is 5.30. The number of hydrogen-bond acceptors (Lipinski definition) is 11. The molecule has 0 saturated carbocycles. The SMILES string of the molecule is CCOC(=O)C(N)(C1(N=O)CC[N+](C)(S)CC1)S(=O)(=O)c1ccccc1.CS(=O)(=O)[O-]. The fraction of sp³-hybridized carbons (Fsp3) is 0.588. The number of sulfone groups is 1. The maximum atomic E-state index is 13.3. The van der Waals surface area contributed by atoms with Gasteiger partial charge in [-0.05, 0) is 19.1 Å². The molecule has 1 atom stereocenters. The third-order valence-electron chi connectivity index (χ3n) is 4.94. The number of nitroso groups, excluding NO2 is 1. The van der Waals surface area contributed by atoms with Gasteiger partial charge in [0, 0.05) is 19.1 Å². The van der Waals surface area contributed by atoms with E-state index in [1.165, 1.54) is 31.2 Å². The van der Waals surface area contributed by atoms with Crippen LogP contribution in [0.4, 0.5) is 0 Å². The van der Waals surface area contributed by atoms with Crippen molar-refractivity contribution in [1.29, 1.82) is 0 Å². The number of ether oxygens (including phenoxy) is 1. The van der Waals surface area contributed by atoms with E-state index in [0.29, 0.717) is 19.3 Å². The Hall–Kier alpha value is -1.58. The summed E-state index contributed by atoms with van der Waals surface area (Å²) in [4.78, 5) is 21.9. The third-order valence-corrected chi connectivity index (χ3v) is 7.62. The van der Waals surface area contributed by atoms with Gasteiger partial charge in [0.15, 0.2) is 5.54 Å². The Labute approximate surface area is 187 Å².